The Labute approximate surface area is 171 Å². The predicted octanol–water partition coefficient (Wildman–Crippen LogP) is 6.87. The van der Waals surface area contributed by atoms with Gasteiger partial charge in [0, 0.05) is 11.1 Å². The van der Waals surface area contributed by atoms with Crippen LogP contribution >= 0.6 is 0 Å². The summed E-state index contributed by atoms with van der Waals surface area (Å²) in [5.41, 5.74) is 4.08. The summed E-state index contributed by atoms with van der Waals surface area (Å²) >= 11 is 0. The summed E-state index contributed by atoms with van der Waals surface area (Å²) in [7, 11) is 0. The Morgan fingerprint density at radius 3 is 1.32 bits per heavy atom. The molecular formula is C26H36O2. The molecule has 0 atom stereocenters. The first-order chi connectivity index (χ1) is 13.0. The van der Waals surface area contributed by atoms with Crippen molar-refractivity contribution in [2.45, 2.75) is 68.2 Å². The molecule has 0 aliphatic heterocycles. The maximum Gasteiger partial charge on any atom is 0.182 e. The third-order valence-corrected chi connectivity index (χ3v) is 5.26. The molecule has 0 unspecified atom stereocenters. The second-order valence-electron chi connectivity index (χ2n) is 8.83. The van der Waals surface area contributed by atoms with E-state index in [-0.39, 0.29) is 22.4 Å². The zero-order chi connectivity index (χ0) is 21.5. The highest BCUT2D eigenvalue weighted by atomic mass is 16.1. The highest BCUT2D eigenvalue weighted by Gasteiger charge is 2.30. The molecule has 2 rings (SSSR count). The number of hydrogen-bond acceptors (Lipinski definition) is 2. The van der Waals surface area contributed by atoms with Gasteiger partial charge in [0.2, 0.25) is 0 Å². The van der Waals surface area contributed by atoms with Crippen LogP contribution in [0.15, 0.2) is 70.9 Å². The number of carbonyl (C=O) groups excluding carboxylic acids is 2. The summed E-state index contributed by atoms with van der Waals surface area (Å²) in [6.45, 7) is 16.3. The van der Waals surface area contributed by atoms with Crippen molar-refractivity contribution in [1.82, 2.24) is 0 Å². The second-order valence-corrected chi connectivity index (χ2v) is 8.83. The third kappa shape index (κ3) is 5.89. The molecule has 0 aromatic heterocycles. The summed E-state index contributed by atoms with van der Waals surface area (Å²) in [6.07, 6.45) is 17.2. The Kier molecular flexibility index (Phi) is 8.35. The number of ketones is 2. The van der Waals surface area contributed by atoms with Gasteiger partial charge in [-0.3, -0.25) is 9.59 Å². The van der Waals surface area contributed by atoms with Crippen LogP contribution in [0.2, 0.25) is 0 Å². The highest BCUT2D eigenvalue weighted by Crippen LogP contribution is 2.38. The van der Waals surface area contributed by atoms with Crippen molar-refractivity contribution in [3.05, 3.63) is 70.9 Å². The fourth-order valence-electron chi connectivity index (χ4n) is 4.02. The lowest BCUT2D eigenvalue weighted by molar-refractivity contribution is -0.113. The largest absolute Gasteiger partial charge is 0.290 e. The Morgan fingerprint density at radius 2 is 1.07 bits per heavy atom. The lowest BCUT2D eigenvalue weighted by atomic mass is 9.74. The average molecular weight is 381 g/mol. The van der Waals surface area contributed by atoms with Gasteiger partial charge >= 0.3 is 0 Å². The monoisotopic (exact) mass is 380 g/mol. The van der Waals surface area contributed by atoms with Gasteiger partial charge in [0.05, 0.1) is 0 Å². The molecule has 0 radical (unpaired) electrons. The minimum atomic E-state index is -0.0184. The lowest BCUT2D eigenvalue weighted by Crippen LogP contribution is -2.23. The minimum absolute atomic E-state index is 0.0184. The third-order valence-electron chi connectivity index (χ3n) is 5.26. The van der Waals surface area contributed by atoms with Crippen LogP contribution < -0.4 is 0 Å². The fourth-order valence-corrected chi connectivity index (χ4v) is 4.02. The smallest absolute Gasteiger partial charge is 0.182 e. The van der Waals surface area contributed by atoms with Gasteiger partial charge in [0.15, 0.2) is 11.6 Å². The SMILES string of the molecule is C/C=C/C(=O)C1=C(C)C=CCC1(C)C.CC=CC(=O)C1=C(C)C=CCC1(C)C. The Morgan fingerprint density at radius 1 is 0.750 bits per heavy atom. The van der Waals surface area contributed by atoms with E-state index in [4.69, 9.17) is 0 Å². The average Bonchev–Trinajstić information content (AvgIpc) is 2.54. The van der Waals surface area contributed by atoms with Crippen LogP contribution in [-0.4, -0.2) is 11.6 Å². The molecule has 0 spiro atoms. The van der Waals surface area contributed by atoms with Crippen LogP contribution in [0.5, 0.6) is 0 Å². The molecule has 0 N–H and O–H groups in total. The van der Waals surface area contributed by atoms with E-state index in [0.717, 1.165) is 35.1 Å². The molecule has 2 aliphatic carbocycles. The molecule has 2 heteroatoms. The second kappa shape index (κ2) is 9.82. The van der Waals surface area contributed by atoms with Crippen molar-refractivity contribution >= 4 is 11.6 Å². The van der Waals surface area contributed by atoms with Crippen LogP contribution in [0, 0.1) is 10.8 Å². The van der Waals surface area contributed by atoms with E-state index in [1.165, 1.54) is 0 Å². The molecule has 0 amide bonds. The first-order valence-corrected chi connectivity index (χ1v) is 10.1. The van der Waals surface area contributed by atoms with Gasteiger partial charge in [-0.1, -0.05) is 64.2 Å². The van der Waals surface area contributed by atoms with Crippen LogP contribution in [0.3, 0.4) is 0 Å². The van der Waals surface area contributed by atoms with E-state index < -0.39 is 0 Å². The zero-order valence-corrected chi connectivity index (χ0v) is 18.8. The summed E-state index contributed by atoms with van der Waals surface area (Å²) < 4.78 is 0. The fraction of sp³-hybridized carbons (Fsp3) is 0.462. The molecule has 2 aliphatic rings. The number of allylic oxidation sites excluding steroid dienone is 12. The molecule has 0 saturated heterocycles. The first kappa shape index (κ1) is 23.8. The molecule has 152 valence electrons. The molecule has 28 heavy (non-hydrogen) atoms. The van der Waals surface area contributed by atoms with E-state index in [2.05, 4.69) is 39.8 Å². The van der Waals surface area contributed by atoms with Crippen LogP contribution in [0.1, 0.15) is 68.2 Å². The van der Waals surface area contributed by atoms with Crippen molar-refractivity contribution in [2.75, 3.05) is 0 Å². The topological polar surface area (TPSA) is 34.1 Å². The lowest BCUT2D eigenvalue weighted by Gasteiger charge is -2.29. The minimum Gasteiger partial charge on any atom is -0.290 e. The Balaban J connectivity index is 0.000000280. The molecule has 0 saturated carbocycles. The predicted molar refractivity (Wildman–Crippen MR) is 120 cm³/mol. The Hall–Kier alpha value is -2.22. The molecule has 0 aromatic carbocycles. The summed E-state index contributed by atoms with van der Waals surface area (Å²) in [5, 5.41) is 0. The molecule has 2 nitrogen and oxygen atoms in total. The van der Waals surface area contributed by atoms with Crippen molar-refractivity contribution in [2.24, 2.45) is 10.8 Å². The van der Waals surface area contributed by atoms with E-state index in [0.29, 0.717) is 0 Å². The standard InChI is InChI=1S/2C13H18O/c2*1-5-7-11(14)12-10(2)8-6-9-13(12,3)4/h2*5-8H,9H2,1-4H3/b7-5+;. The van der Waals surface area contributed by atoms with E-state index in [9.17, 15) is 9.59 Å². The van der Waals surface area contributed by atoms with E-state index >= 15 is 0 Å². The van der Waals surface area contributed by atoms with Crippen molar-refractivity contribution < 1.29 is 9.59 Å². The van der Waals surface area contributed by atoms with E-state index in [1.807, 2.05) is 39.8 Å². The normalized spacial score (nSPS) is 20.6. The van der Waals surface area contributed by atoms with Crippen LogP contribution in [0.4, 0.5) is 0 Å². The summed E-state index contributed by atoms with van der Waals surface area (Å²) in [4.78, 5) is 23.7. The van der Waals surface area contributed by atoms with Crippen molar-refractivity contribution in [3.8, 4) is 0 Å². The summed E-state index contributed by atoms with van der Waals surface area (Å²) in [5.74, 6) is 0.304. The zero-order valence-electron chi connectivity index (χ0n) is 18.8. The molecule has 0 heterocycles. The van der Waals surface area contributed by atoms with Gasteiger partial charge in [-0.05, 0) is 74.7 Å². The number of rotatable bonds is 4. The van der Waals surface area contributed by atoms with Gasteiger partial charge in [0.25, 0.3) is 0 Å². The quantitative estimate of drug-likeness (QED) is 0.499. The van der Waals surface area contributed by atoms with Crippen molar-refractivity contribution in [3.63, 3.8) is 0 Å². The van der Waals surface area contributed by atoms with Crippen LogP contribution in [0.25, 0.3) is 0 Å². The molecule has 0 fully saturated rings. The molecule has 0 aromatic rings. The number of hydrogen-bond donors (Lipinski definition) is 0. The van der Waals surface area contributed by atoms with Gasteiger partial charge in [-0.15, -0.1) is 0 Å². The van der Waals surface area contributed by atoms with Gasteiger partial charge in [-0.25, -0.2) is 0 Å². The maximum atomic E-state index is 11.8. The first-order valence-electron chi connectivity index (χ1n) is 10.1. The van der Waals surface area contributed by atoms with E-state index in [1.54, 1.807) is 24.3 Å². The summed E-state index contributed by atoms with van der Waals surface area (Å²) in [6, 6.07) is 0. The molecular weight excluding hydrogens is 344 g/mol. The van der Waals surface area contributed by atoms with Gasteiger partial charge in [-0.2, -0.15) is 0 Å². The van der Waals surface area contributed by atoms with Crippen molar-refractivity contribution in [1.29, 1.82) is 0 Å². The number of carbonyl (C=O) groups is 2. The highest BCUT2D eigenvalue weighted by molar-refractivity contribution is 6.06. The van der Waals surface area contributed by atoms with Gasteiger partial charge in [0.1, 0.15) is 0 Å². The molecule has 0 bridgehead atoms. The van der Waals surface area contributed by atoms with Gasteiger partial charge < -0.3 is 0 Å². The van der Waals surface area contributed by atoms with Crippen LogP contribution in [-0.2, 0) is 9.59 Å². The maximum absolute atomic E-state index is 11.8. The Bertz CT molecular complexity index is 722.